The van der Waals surface area contributed by atoms with Crippen LogP contribution in [0, 0.1) is 5.92 Å². The van der Waals surface area contributed by atoms with Crippen LogP contribution in [0.1, 0.15) is 57.9 Å². The molecular weight excluding hydrogens is 268 g/mol. The van der Waals surface area contributed by atoms with Crippen LogP contribution in [0.25, 0.3) is 0 Å². The van der Waals surface area contributed by atoms with Gasteiger partial charge in [0.2, 0.25) is 0 Å². The number of nitrogens with two attached hydrogens (primary N) is 1. The minimum atomic E-state index is 0.326. The van der Waals surface area contributed by atoms with Gasteiger partial charge in [0.15, 0.2) is 5.96 Å². The first-order valence-corrected chi connectivity index (χ1v) is 8.32. The Morgan fingerprint density at radius 2 is 2.10 bits per heavy atom. The average Bonchev–Trinajstić information content (AvgIpc) is 2.89. The molecule has 0 aliphatic heterocycles. The number of hydrogen-bond acceptors (Lipinski definition) is 3. The molecule has 1 heterocycles. The normalized spacial score (nSPS) is 15.3. The van der Waals surface area contributed by atoms with Gasteiger partial charge in [-0.3, -0.25) is 4.99 Å². The third-order valence-corrected chi connectivity index (χ3v) is 4.23. The summed E-state index contributed by atoms with van der Waals surface area (Å²) in [6.45, 7) is 9.49. The Morgan fingerprint density at radius 1 is 1.35 bits per heavy atom. The number of aromatic nitrogens is 1. The Labute approximate surface area is 126 Å². The number of aliphatic imine (C=N–C) groups is 1. The van der Waals surface area contributed by atoms with E-state index in [1.807, 2.05) is 11.6 Å². The van der Waals surface area contributed by atoms with E-state index in [2.05, 4.69) is 43.0 Å². The van der Waals surface area contributed by atoms with Crippen LogP contribution in [0.4, 0.5) is 0 Å². The lowest BCUT2D eigenvalue weighted by atomic mass is 10.0. The molecular formula is C15H28N4S. The van der Waals surface area contributed by atoms with Crippen LogP contribution in [0.5, 0.6) is 0 Å². The molecule has 0 aromatic carbocycles. The maximum Gasteiger partial charge on any atom is 0.188 e. The Hall–Kier alpha value is -1.10. The van der Waals surface area contributed by atoms with Crippen molar-refractivity contribution in [3.8, 4) is 0 Å². The van der Waals surface area contributed by atoms with Gasteiger partial charge in [-0.25, -0.2) is 4.98 Å². The van der Waals surface area contributed by atoms with Crippen LogP contribution in [0.15, 0.2) is 16.6 Å². The highest BCUT2D eigenvalue weighted by molar-refractivity contribution is 7.09. The van der Waals surface area contributed by atoms with E-state index in [0.29, 0.717) is 24.5 Å². The zero-order valence-electron chi connectivity index (χ0n) is 13.1. The van der Waals surface area contributed by atoms with Crippen molar-refractivity contribution in [2.75, 3.05) is 6.54 Å². The van der Waals surface area contributed by atoms with E-state index in [0.717, 1.165) is 17.3 Å². The molecule has 0 aliphatic carbocycles. The molecule has 0 saturated carbocycles. The van der Waals surface area contributed by atoms with Gasteiger partial charge in [-0.05, 0) is 19.3 Å². The summed E-state index contributed by atoms with van der Waals surface area (Å²) in [7, 11) is 0. The summed E-state index contributed by atoms with van der Waals surface area (Å²) in [6.07, 6.45) is 5.47. The molecule has 0 fully saturated rings. The molecule has 0 radical (unpaired) electrons. The first-order chi connectivity index (χ1) is 9.49. The fraction of sp³-hybridized carbons (Fsp3) is 0.733. The van der Waals surface area contributed by atoms with Crippen molar-refractivity contribution in [2.24, 2.45) is 16.6 Å². The van der Waals surface area contributed by atoms with E-state index in [1.165, 1.54) is 12.8 Å². The van der Waals surface area contributed by atoms with Gasteiger partial charge < -0.3 is 11.1 Å². The van der Waals surface area contributed by atoms with Crippen molar-refractivity contribution in [3.05, 3.63) is 16.6 Å². The monoisotopic (exact) mass is 296 g/mol. The number of thiazole rings is 1. The Morgan fingerprint density at radius 3 is 2.70 bits per heavy atom. The SMILES string of the molecule is CC(C)CCCC(C)NC(N)=NCC(C)c1nccs1. The summed E-state index contributed by atoms with van der Waals surface area (Å²) in [6, 6.07) is 0.382. The average molecular weight is 296 g/mol. The molecule has 114 valence electrons. The van der Waals surface area contributed by atoms with Gasteiger partial charge in [0, 0.05) is 23.5 Å². The van der Waals surface area contributed by atoms with Crippen LogP contribution in [0.2, 0.25) is 0 Å². The first kappa shape index (κ1) is 17.0. The molecule has 4 nitrogen and oxygen atoms in total. The van der Waals surface area contributed by atoms with E-state index >= 15 is 0 Å². The smallest absolute Gasteiger partial charge is 0.188 e. The van der Waals surface area contributed by atoms with Crippen LogP contribution >= 0.6 is 11.3 Å². The Balaban J connectivity index is 2.27. The molecule has 3 N–H and O–H groups in total. The van der Waals surface area contributed by atoms with Crippen LogP contribution in [-0.4, -0.2) is 23.5 Å². The van der Waals surface area contributed by atoms with Crippen molar-refractivity contribution in [2.45, 2.75) is 58.9 Å². The molecule has 20 heavy (non-hydrogen) atoms. The van der Waals surface area contributed by atoms with Crippen molar-refractivity contribution in [1.29, 1.82) is 0 Å². The van der Waals surface area contributed by atoms with E-state index in [9.17, 15) is 0 Å². The van der Waals surface area contributed by atoms with E-state index in [-0.39, 0.29) is 0 Å². The second-order valence-electron chi connectivity index (χ2n) is 5.87. The molecule has 2 atom stereocenters. The molecule has 0 aliphatic rings. The predicted octanol–water partition coefficient (Wildman–Crippen LogP) is 3.37. The fourth-order valence-electron chi connectivity index (χ4n) is 1.99. The Bertz CT molecular complexity index is 387. The van der Waals surface area contributed by atoms with Crippen LogP contribution in [-0.2, 0) is 0 Å². The molecule has 1 aromatic heterocycles. The van der Waals surface area contributed by atoms with Crippen LogP contribution < -0.4 is 11.1 Å². The van der Waals surface area contributed by atoms with Crippen molar-refractivity contribution < 1.29 is 0 Å². The standard InChI is InChI=1S/C15H28N4S/c1-11(2)6-5-7-13(4)19-15(16)18-10-12(3)14-17-8-9-20-14/h8-9,11-13H,5-7,10H2,1-4H3,(H3,16,18,19). The second-order valence-corrected chi connectivity index (χ2v) is 6.79. The summed E-state index contributed by atoms with van der Waals surface area (Å²) in [5, 5.41) is 6.38. The number of hydrogen-bond donors (Lipinski definition) is 2. The van der Waals surface area contributed by atoms with Crippen molar-refractivity contribution in [1.82, 2.24) is 10.3 Å². The van der Waals surface area contributed by atoms with E-state index < -0.39 is 0 Å². The number of guanidine groups is 1. The highest BCUT2D eigenvalue weighted by Gasteiger charge is 2.08. The van der Waals surface area contributed by atoms with Gasteiger partial charge in [-0.15, -0.1) is 11.3 Å². The number of nitrogens with zero attached hydrogens (tertiary/aromatic N) is 2. The van der Waals surface area contributed by atoms with Gasteiger partial charge in [0.25, 0.3) is 0 Å². The Kier molecular flexibility index (Phi) is 7.59. The lowest BCUT2D eigenvalue weighted by Crippen LogP contribution is -2.38. The van der Waals surface area contributed by atoms with Gasteiger partial charge in [0.1, 0.15) is 0 Å². The largest absolute Gasteiger partial charge is 0.370 e. The third-order valence-electron chi connectivity index (χ3n) is 3.22. The highest BCUT2D eigenvalue weighted by Crippen LogP contribution is 2.17. The molecule has 1 aromatic rings. The minimum absolute atomic E-state index is 0.326. The lowest BCUT2D eigenvalue weighted by Gasteiger charge is -2.15. The fourth-order valence-corrected chi connectivity index (χ4v) is 2.68. The number of rotatable bonds is 8. The van der Waals surface area contributed by atoms with Gasteiger partial charge in [-0.1, -0.05) is 33.6 Å². The summed E-state index contributed by atoms with van der Waals surface area (Å²) in [4.78, 5) is 8.71. The summed E-state index contributed by atoms with van der Waals surface area (Å²) in [5.41, 5.74) is 5.93. The molecule has 5 heteroatoms. The maximum absolute atomic E-state index is 5.93. The van der Waals surface area contributed by atoms with E-state index in [4.69, 9.17) is 5.73 Å². The summed E-state index contributed by atoms with van der Waals surface area (Å²) in [5.74, 6) is 1.64. The van der Waals surface area contributed by atoms with E-state index in [1.54, 1.807) is 11.3 Å². The molecule has 0 spiro atoms. The molecule has 0 amide bonds. The topological polar surface area (TPSA) is 63.3 Å². The maximum atomic E-state index is 5.93. The zero-order valence-corrected chi connectivity index (χ0v) is 13.9. The molecule has 2 unspecified atom stereocenters. The van der Waals surface area contributed by atoms with Crippen LogP contribution in [0.3, 0.4) is 0 Å². The highest BCUT2D eigenvalue weighted by atomic mass is 32.1. The zero-order chi connectivity index (χ0) is 15.0. The quantitative estimate of drug-likeness (QED) is 0.571. The first-order valence-electron chi connectivity index (χ1n) is 7.44. The van der Waals surface area contributed by atoms with Crippen molar-refractivity contribution in [3.63, 3.8) is 0 Å². The third kappa shape index (κ3) is 6.89. The molecule has 0 saturated heterocycles. The van der Waals surface area contributed by atoms with Gasteiger partial charge in [0.05, 0.1) is 11.6 Å². The van der Waals surface area contributed by atoms with Gasteiger partial charge >= 0.3 is 0 Å². The van der Waals surface area contributed by atoms with Crippen molar-refractivity contribution >= 4 is 17.3 Å². The van der Waals surface area contributed by atoms with Gasteiger partial charge in [-0.2, -0.15) is 0 Å². The molecule has 1 rings (SSSR count). The summed E-state index contributed by atoms with van der Waals surface area (Å²) >= 11 is 1.67. The lowest BCUT2D eigenvalue weighted by molar-refractivity contribution is 0.493. The number of nitrogens with one attached hydrogen (secondary N) is 1. The second kappa shape index (κ2) is 8.95. The molecule has 0 bridgehead atoms. The minimum Gasteiger partial charge on any atom is -0.370 e. The predicted molar refractivity (Wildman–Crippen MR) is 88.3 cm³/mol. The summed E-state index contributed by atoms with van der Waals surface area (Å²) < 4.78 is 0.